The van der Waals surface area contributed by atoms with Crippen LogP contribution >= 0.6 is 0 Å². The molecule has 6 nitrogen and oxygen atoms in total. The molecule has 0 saturated carbocycles. The monoisotopic (exact) mass is 253 g/mol. The van der Waals surface area contributed by atoms with E-state index in [0.717, 1.165) is 5.56 Å². The maximum atomic E-state index is 11.9. The predicted octanol–water partition coefficient (Wildman–Crippen LogP) is 1.22. The van der Waals surface area contributed by atoms with E-state index >= 15 is 0 Å². The number of pyridine rings is 1. The van der Waals surface area contributed by atoms with Crippen molar-refractivity contribution in [1.82, 2.24) is 24.7 Å². The lowest BCUT2D eigenvalue weighted by Crippen LogP contribution is -2.12. The van der Waals surface area contributed by atoms with Crippen molar-refractivity contribution in [3.63, 3.8) is 0 Å². The van der Waals surface area contributed by atoms with Crippen molar-refractivity contribution in [2.24, 2.45) is 7.05 Å². The van der Waals surface area contributed by atoms with E-state index in [4.69, 9.17) is 0 Å². The molecule has 3 heterocycles. The molecular formula is C13H11N5O. The topological polar surface area (TPSA) is 76.5 Å². The standard InChI is InChI=1S/C13H11N5O/c1-18-12-10(8-15-18)16-11(17-13(12)19)5-4-9-3-2-6-14-7-9/h2-8H,1H3,(H,16,17,19)/b5-4+. The van der Waals surface area contributed by atoms with Crippen molar-refractivity contribution in [1.29, 1.82) is 0 Å². The number of aryl methyl sites for hydroxylation is 1. The highest BCUT2D eigenvalue weighted by atomic mass is 16.1. The Morgan fingerprint density at radius 2 is 2.21 bits per heavy atom. The average molecular weight is 253 g/mol. The normalized spacial score (nSPS) is 11.4. The van der Waals surface area contributed by atoms with Crippen LogP contribution in [0.15, 0.2) is 35.5 Å². The van der Waals surface area contributed by atoms with Crippen LogP contribution < -0.4 is 5.56 Å². The van der Waals surface area contributed by atoms with Gasteiger partial charge in [0.1, 0.15) is 11.3 Å². The lowest BCUT2D eigenvalue weighted by molar-refractivity contribution is 0.792. The molecule has 1 N–H and O–H groups in total. The van der Waals surface area contributed by atoms with Gasteiger partial charge in [-0.25, -0.2) is 4.98 Å². The molecule has 94 valence electrons. The summed E-state index contributed by atoms with van der Waals surface area (Å²) in [7, 11) is 1.71. The lowest BCUT2D eigenvalue weighted by atomic mass is 10.2. The van der Waals surface area contributed by atoms with E-state index < -0.39 is 0 Å². The zero-order valence-electron chi connectivity index (χ0n) is 10.2. The average Bonchev–Trinajstić information content (AvgIpc) is 2.80. The molecule has 0 saturated heterocycles. The Balaban J connectivity index is 2.03. The summed E-state index contributed by atoms with van der Waals surface area (Å²) >= 11 is 0. The molecule has 0 aromatic carbocycles. The van der Waals surface area contributed by atoms with Crippen molar-refractivity contribution in [3.05, 3.63) is 52.5 Å². The van der Waals surface area contributed by atoms with E-state index in [1.807, 2.05) is 18.2 Å². The SMILES string of the molecule is Cn1ncc2nc(/C=C/c3cccnc3)[nH]c(=O)c21. The Bertz CT molecular complexity index is 801. The third-order valence-electron chi connectivity index (χ3n) is 2.74. The van der Waals surface area contributed by atoms with Crippen molar-refractivity contribution in [3.8, 4) is 0 Å². The van der Waals surface area contributed by atoms with Crippen LogP contribution in [-0.2, 0) is 7.05 Å². The van der Waals surface area contributed by atoms with E-state index in [9.17, 15) is 4.79 Å². The molecule has 19 heavy (non-hydrogen) atoms. The molecule has 0 aliphatic rings. The molecule has 0 amide bonds. The van der Waals surface area contributed by atoms with Crippen molar-refractivity contribution in [2.75, 3.05) is 0 Å². The fraction of sp³-hybridized carbons (Fsp3) is 0.0769. The van der Waals surface area contributed by atoms with Gasteiger partial charge in [0.2, 0.25) is 0 Å². The van der Waals surface area contributed by atoms with E-state index in [2.05, 4.69) is 20.1 Å². The summed E-state index contributed by atoms with van der Waals surface area (Å²) in [4.78, 5) is 22.9. The molecule has 0 bridgehead atoms. The van der Waals surface area contributed by atoms with Gasteiger partial charge in [-0.1, -0.05) is 6.07 Å². The third-order valence-corrected chi connectivity index (χ3v) is 2.74. The minimum Gasteiger partial charge on any atom is -0.305 e. The highest BCUT2D eigenvalue weighted by molar-refractivity contribution is 5.75. The fourth-order valence-corrected chi connectivity index (χ4v) is 1.83. The minimum atomic E-state index is -0.198. The second kappa shape index (κ2) is 4.49. The zero-order valence-corrected chi connectivity index (χ0v) is 10.2. The van der Waals surface area contributed by atoms with Crippen molar-refractivity contribution >= 4 is 23.2 Å². The lowest BCUT2D eigenvalue weighted by Gasteiger charge is -1.96. The summed E-state index contributed by atoms with van der Waals surface area (Å²) in [6.07, 6.45) is 8.60. The van der Waals surface area contributed by atoms with Crippen molar-refractivity contribution < 1.29 is 0 Å². The van der Waals surface area contributed by atoms with Crippen LogP contribution in [0.25, 0.3) is 23.2 Å². The van der Waals surface area contributed by atoms with E-state index in [1.54, 1.807) is 31.7 Å². The quantitative estimate of drug-likeness (QED) is 0.745. The van der Waals surface area contributed by atoms with Gasteiger partial charge in [-0.05, 0) is 23.8 Å². The maximum Gasteiger partial charge on any atom is 0.277 e. The Morgan fingerprint density at radius 3 is 3.00 bits per heavy atom. The van der Waals surface area contributed by atoms with E-state index in [0.29, 0.717) is 16.9 Å². The third kappa shape index (κ3) is 2.15. The molecular weight excluding hydrogens is 242 g/mol. The van der Waals surface area contributed by atoms with Gasteiger partial charge in [-0.3, -0.25) is 14.5 Å². The van der Waals surface area contributed by atoms with Gasteiger partial charge in [-0.15, -0.1) is 0 Å². The fourth-order valence-electron chi connectivity index (χ4n) is 1.83. The first-order chi connectivity index (χ1) is 9.24. The molecule has 0 unspecified atom stereocenters. The molecule has 0 radical (unpaired) electrons. The first-order valence-electron chi connectivity index (χ1n) is 5.74. The Labute approximate surface area is 108 Å². The summed E-state index contributed by atoms with van der Waals surface area (Å²) in [5, 5.41) is 4.02. The predicted molar refractivity (Wildman–Crippen MR) is 72.3 cm³/mol. The summed E-state index contributed by atoms with van der Waals surface area (Å²) < 4.78 is 1.51. The zero-order chi connectivity index (χ0) is 13.2. The van der Waals surface area contributed by atoms with Gasteiger partial charge < -0.3 is 4.98 Å². The number of rotatable bonds is 2. The summed E-state index contributed by atoms with van der Waals surface area (Å²) in [5.74, 6) is 0.495. The summed E-state index contributed by atoms with van der Waals surface area (Å²) in [6, 6.07) is 3.77. The second-order valence-corrected chi connectivity index (χ2v) is 4.07. The first kappa shape index (κ1) is 11.3. The number of nitrogens with zero attached hydrogens (tertiary/aromatic N) is 4. The molecule has 6 heteroatoms. The smallest absolute Gasteiger partial charge is 0.277 e. The van der Waals surface area contributed by atoms with Crippen LogP contribution in [0.5, 0.6) is 0 Å². The molecule has 0 aliphatic heterocycles. The number of hydrogen-bond acceptors (Lipinski definition) is 4. The molecule has 0 fully saturated rings. The molecule has 0 spiro atoms. The molecule has 3 rings (SSSR count). The molecule has 0 atom stereocenters. The van der Waals surface area contributed by atoms with Gasteiger partial charge in [-0.2, -0.15) is 5.10 Å². The van der Waals surface area contributed by atoms with Crippen LogP contribution in [0.3, 0.4) is 0 Å². The van der Waals surface area contributed by atoms with Gasteiger partial charge in [0, 0.05) is 19.4 Å². The number of fused-ring (bicyclic) bond motifs is 1. The highest BCUT2D eigenvalue weighted by Crippen LogP contribution is 2.07. The number of aromatic amines is 1. The number of H-pyrrole nitrogens is 1. The largest absolute Gasteiger partial charge is 0.305 e. The van der Waals surface area contributed by atoms with E-state index in [-0.39, 0.29) is 5.56 Å². The number of nitrogens with one attached hydrogen (secondary N) is 1. The Hall–Kier alpha value is -2.76. The maximum absolute atomic E-state index is 11.9. The molecule has 0 aliphatic carbocycles. The Morgan fingerprint density at radius 1 is 1.32 bits per heavy atom. The van der Waals surface area contributed by atoms with Crippen LogP contribution in [0.2, 0.25) is 0 Å². The number of hydrogen-bond donors (Lipinski definition) is 1. The Kier molecular flexibility index (Phi) is 2.68. The van der Waals surface area contributed by atoms with Crippen LogP contribution in [-0.4, -0.2) is 24.7 Å². The van der Waals surface area contributed by atoms with Gasteiger partial charge in [0.05, 0.1) is 6.20 Å². The van der Waals surface area contributed by atoms with Crippen LogP contribution in [0.1, 0.15) is 11.4 Å². The van der Waals surface area contributed by atoms with Gasteiger partial charge in [0.25, 0.3) is 5.56 Å². The first-order valence-corrected chi connectivity index (χ1v) is 5.74. The molecule has 3 aromatic heterocycles. The highest BCUT2D eigenvalue weighted by Gasteiger charge is 2.06. The van der Waals surface area contributed by atoms with Crippen LogP contribution in [0, 0.1) is 0 Å². The second-order valence-electron chi connectivity index (χ2n) is 4.07. The van der Waals surface area contributed by atoms with Gasteiger partial charge >= 0.3 is 0 Å². The van der Waals surface area contributed by atoms with Gasteiger partial charge in [0.15, 0.2) is 5.52 Å². The summed E-state index contributed by atoms with van der Waals surface area (Å²) in [6.45, 7) is 0. The van der Waals surface area contributed by atoms with Crippen molar-refractivity contribution in [2.45, 2.75) is 0 Å². The van der Waals surface area contributed by atoms with Crippen LogP contribution in [0.4, 0.5) is 0 Å². The minimum absolute atomic E-state index is 0.198. The number of aromatic nitrogens is 5. The molecule has 3 aromatic rings. The van der Waals surface area contributed by atoms with E-state index in [1.165, 1.54) is 4.68 Å². The summed E-state index contributed by atoms with van der Waals surface area (Å²) in [5.41, 5.74) is 1.79.